The smallest absolute Gasteiger partial charge is 0.263 e. The summed E-state index contributed by atoms with van der Waals surface area (Å²) in [6, 6.07) is 0. The summed E-state index contributed by atoms with van der Waals surface area (Å²) in [7, 11) is 0. The second-order valence-electron chi connectivity index (χ2n) is 5.19. The van der Waals surface area contributed by atoms with Crippen LogP contribution in [0.2, 0.25) is 0 Å². The van der Waals surface area contributed by atoms with Crippen LogP contribution in [0.1, 0.15) is 36.4 Å². The number of hydrogen-bond acceptors (Lipinski definition) is 5. The number of aryl methyl sites for hydroxylation is 1. The summed E-state index contributed by atoms with van der Waals surface area (Å²) in [4.78, 5) is 23.2. The maximum atomic E-state index is 12.0. The average Bonchev–Trinajstić information content (AvgIpc) is 2.70. The summed E-state index contributed by atoms with van der Waals surface area (Å²) < 4.78 is 0. The Balaban J connectivity index is 1.74. The Kier molecular flexibility index (Phi) is 5.98. The highest BCUT2D eigenvalue weighted by atomic mass is 32.1. The van der Waals surface area contributed by atoms with Crippen molar-refractivity contribution in [2.45, 2.75) is 39.0 Å². The van der Waals surface area contributed by atoms with Gasteiger partial charge in [-0.2, -0.15) is 0 Å². The van der Waals surface area contributed by atoms with Crippen molar-refractivity contribution in [2.75, 3.05) is 19.7 Å². The number of nitrogens with two attached hydrogens (primary N) is 1. The van der Waals surface area contributed by atoms with E-state index in [2.05, 4.69) is 10.1 Å². The Hall–Kier alpha value is -1.63. The van der Waals surface area contributed by atoms with Gasteiger partial charge < -0.3 is 15.5 Å². The predicted octanol–water partition coefficient (Wildman–Crippen LogP) is 1.69. The standard InChI is InChI=1S/C14H22N4O2S/c1-11-16-12(10-21-11)8-13(15)17-20-9-14(19)18-6-4-2-3-5-7-18/h10H,2-9H2,1H3,(H2,15,17). The lowest BCUT2D eigenvalue weighted by Gasteiger charge is -2.19. The van der Waals surface area contributed by atoms with Crippen LogP contribution in [0.25, 0.3) is 0 Å². The minimum atomic E-state index is -0.0448. The molecule has 1 aromatic rings. The van der Waals surface area contributed by atoms with Crippen molar-refractivity contribution in [3.63, 3.8) is 0 Å². The molecule has 7 heteroatoms. The number of hydrogen-bond donors (Lipinski definition) is 1. The highest BCUT2D eigenvalue weighted by Crippen LogP contribution is 2.10. The molecule has 0 unspecified atom stereocenters. The van der Waals surface area contributed by atoms with E-state index in [1.807, 2.05) is 17.2 Å². The van der Waals surface area contributed by atoms with Crippen molar-refractivity contribution in [3.8, 4) is 0 Å². The first kappa shape index (κ1) is 15.8. The van der Waals surface area contributed by atoms with Crippen molar-refractivity contribution >= 4 is 23.1 Å². The van der Waals surface area contributed by atoms with Crippen LogP contribution in [0.15, 0.2) is 10.5 Å². The molecule has 21 heavy (non-hydrogen) atoms. The molecule has 1 aromatic heterocycles. The van der Waals surface area contributed by atoms with Gasteiger partial charge in [-0.25, -0.2) is 4.98 Å². The van der Waals surface area contributed by atoms with Crippen LogP contribution in [-0.4, -0.2) is 41.3 Å². The zero-order valence-corrected chi connectivity index (χ0v) is 13.2. The first-order valence-electron chi connectivity index (χ1n) is 7.28. The van der Waals surface area contributed by atoms with Crippen LogP contribution >= 0.6 is 11.3 Å². The number of rotatable bonds is 5. The van der Waals surface area contributed by atoms with Crippen molar-refractivity contribution < 1.29 is 9.63 Å². The molecule has 1 saturated heterocycles. The fourth-order valence-electron chi connectivity index (χ4n) is 2.29. The van der Waals surface area contributed by atoms with Gasteiger partial charge >= 0.3 is 0 Å². The normalized spacial score (nSPS) is 16.6. The molecule has 6 nitrogen and oxygen atoms in total. The molecule has 0 bridgehead atoms. The molecule has 0 spiro atoms. The van der Waals surface area contributed by atoms with E-state index in [4.69, 9.17) is 10.6 Å². The van der Waals surface area contributed by atoms with Gasteiger partial charge in [0, 0.05) is 18.5 Å². The lowest BCUT2D eigenvalue weighted by atomic mass is 10.2. The maximum Gasteiger partial charge on any atom is 0.263 e. The molecule has 1 aliphatic rings. The first-order valence-corrected chi connectivity index (χ1v) is 8.16. The highest BCUT2D eigenvalue weighted by molar-refractivity contribution is 7.09. The molecule has 0 saturated carbocycles. The maximum absolute atomic E-state index is 12.0. The third-order valence-electron chi connectivity index (χ3n) is 3.36. The number of likely N-dealkylation sites (tertiary alicyclic amines) is 1. The molecule has 116 valence electrons. The molecule has 0 aliphatic carbocycles. The topological polar surface area (TPSA) is 80.8 Å². The van der Waals surface area contributed by atoms with E-state index in [9.17, 15) is 4.79 Å². The predicted molar refractivity (Wildman–Crippen MR) is 83.2 cm³/mol. The summed E-state index contributed by atoms with van der Waals surface area (Å²) >= 11 is 1.57. The van der Waals surface area contributed by atoms with Gasteiger partial charge in [-0.05, 0) is 19.8 Å². The summed E-state index contributed by atoms with van der Waals surface area (Å²) in [5, 5.41) is 6.74. The van der Waals surface area contributed by atoms with Crippen LogP contribution in [0.3, 0.4) is 0 Å². The van der Waals surface area contributed by atoms with Crippen LogP contribution < -0.4 is 5.73 Å². The van der Waals surface area contributed by atoms with E-state index >= 15 is 0 Å². The van der Waals surface area contributed by atoms with E-state index in [-0.39, 0.29) is 12.5 Å². The largest absolute Gasteiger partial charge is 0.384 e. The van der Waals surface area contributed by atoms with Crippen LogP contribution in [0, 0.1) is 6.92 Å². The molecule has 0 atom stereocenters. The van der Waals surface area contributed by atoms with Crippen molar-refractivity contribution in [3.05, 3.63) is 16.1 Å². The molecule has 2 N–H and O–H groups in total. The molecule has 1 amide bonds. The van der Waals surface area contributed by atoms with Crippen molar-refractivity contribution in [1.82, 2.24) is 9.88 Å². The molecule has 2 heterocycles. The number of carbonyl (C=O) groups is 1. The number of oxime groups is 1. The van der Waals surface area contributed by atoms with Gasteiger partial charge in [0.1, 0.15) is 5.84 Å². The van der Waals surface area contributed by atoms with E-state index in [1.54, 1.807) is 11.3 Å². The zero-order valence-electron chi connectivity index (χ0n) is 12.4. The van der Waals surface area contributed by atoms with Gasteiger partial charge in [-0.15, -0.1) is 11.3 Å². The average molecular weight is 310 g/mol. The molecular formula is C14H22N4O2S. The third-order valence-corrected chi connectivity index (χ3v) is 4.18. The van der Waals surface area contributed by atoms with Gasteiger partial charge in [0.15, 0.2) is 6.61 Å². The fraction of sp³-hybridized carbons (Fsp3) is 0.643. The Labute approximate surface area is 129 Å². The number of thiazole rings is 1. The highest BCUT2D eigenvalue weighted by Gasteiger charge is 2.15. The molecule has 0 aromatic carbocycles. The lowest BCUT2D eigenvalue weighted by Crippen LogP contribution is -2.34. The molecule has 1 fully saturated rings. The van der Waals surface area contributed by atoms with Crippen LogP contribution in [-0.2, 0) is 16.1 Å². The number of amides is 1. The van der Waals surface area contributed by atoms with Crippen LogP contribution in [0.5, 0.6) is 0 Å². The second kappa shape index (κ2) is 7.97. The van der Waals surface area contributed by atoms with E-state index in [0.29, 0.717) is 12.3 Å². The number of carbonyl (C=O) groups excluding carboxylic acids is 1. The van der Waals surface area contributed by atoms with Crippen molar-refractivity contribution in [2.24, 2.45) is 10.9 Å². The quantitative estimate of drug-likeness (QED) is 0.510. The Morgan fingerprint density at radius 3 is 2.76 bits per heavy atom. The Morgan fingerprint density at radius 1 is 1.43 bits per heavy atom. The summed E-state index contributed by atoms with van der Waals surface area (Å²) in [6.07, 6.45) is 4.98. The zero-order chi connectivity index (χ0) is 15.1. The summed E-state index contributed by atoms with van der Waals surface area (Å²) in [5.74, 6) is 0.321. The monoisotopic (exact) mass is 310 g/mol. The molecule has 2 rings (SSSR count). The number of amidine groups is 1. The fourth-order valence-corrected chi connectivity index (χ4v) is 2.90. The van der Waals surface area contributed by atoms with E-state index in [1.165, 1.54) is 12.8 Å². The van der Waals surface area contributed by atoms with Crippen molar-refractivity contribution in [1.29, 1.82) is 0 Å². The minimum Gasteiger partial charge on any atom is -0.384 e. The lowest BCUT2D eigenvalue weighted by molar-refractivity contribution is -0.136. The van der Waals surface area contributed by atoms with Gasteiger partial charge in [0.2, 0.25) is 0 Å². The second-order valence-corrected chi connectivity index (χ2v) is 6.25. The number of nitrogens with zero attached hydrogens (tertiary/aromatic N) is 3. The van der Waals surface area contributed by atoms with Gasteiger partial charge in [-0.3, -0.25) is 4.79 Å². The SMILES string of the molecule is Cc1nc(C/C(N)=N/OCC(=O)N2CCCCCC2)cs1. The van der Waals surface area contributed by atoms with E-state index in [0.717, 1.165) is 36.6 Å². The number of aromatic nitrogens is 1. The first-order chi connectivity index (χ1) is 10.1. The van der Waals surface area contributed by atoms with Gasteiger partial charge in [0.05, 0.1) is 17.1 Å². The van der Waals surface area contributed by atoms with Gasteiger partial charge in [0.25, 0.3) is 5.91 Å². The molecule has 0 radical (unpaired) electrons. The third kappa shape index (κ3) is 5.34. The Bertz CT molecular complexity index is 493. The molecular weight excluding hydrogens is 288 g/mol. The van der Waals surface area contributed by atoms with Gasteiger partial charge in [-0.1, -0.05) is 18.0 Å². The summed E-state index contributed by atoms with van der Waals surface area (Å²) in [5.41, 5.74) is 6.65. The molecule has 1 aliphatic heterocycles. The minimum absolute atomic E-state index is 0.0158. The Morgan fingerprint density at radius 2 is 2.14 bits per heavy atom. The summed E-state index contributed by atoms with van der Waals surface area (Å²) in [6.45, 7) is 3.54. The van der Waals surface area contributed by atoms with E-state index < -0.39 is 0 Å². The van der Waals surface area contributed by atoms with Crippen LogP contribution in [0.4, 0.5) is 0 Å².